The SMILES string of the molecule is CC.Cc1ccc2c(c1)C(C)(C)CCN2C. The number of aryl methyl sites for hydroxylation is 1. The molecule has 0 saturated carbocycles. The molecule has 1 aromatic carbocycles. The first-order valence-corrected chi connectivity index (χ1v) is 6.33. The Kier molecular flexibility index (Phi) is 4.01. The first-order valence-electron chi connectivity index (χ1n) is 6.33. The van der Waals surface area contributed by atoms with Gasteiger partial charge in [-0.3, -0.25) is 0 Å². The summed E-state index contributed by atoms with van der Waals surface area (Å²) in [6, 6.07) is 6.80. The highest BCUT2D eigenvalue weighted by Crippen LogP contribution is 2.39. The Morgan fingerprint density at radius 2 is 1.81 bits per heavy atom. The molecule has 0 unspecified atom stereocenters. The third-order valence-corrected chi connectivity index (χ3v) is 3.36. The summed E-state index contributed by atoms with van der Waals surface area (Å²) in [5, 5.41) is 0. The Hall–Kier alpha value is -0.980. The second-order valence-corrected chi connectivity index (χ2v) is 5.08. The van der Waals surface area contributed by atoms with E-state index in [9.17, 15) is 0 Å². The van der Waals surface area contributed by atoms with Gasteiger partial charge < -0.3 is 4.90 Å². The van der Waals surface area contributed by atoms with Crippen molar-refractivity contribution in [3.63, 3.8) is 0 Å². The summed E-state index contributed by atoms with van der Waals surface area (Å²) in [5.74, 6) is 0. The third kappa shape index (κ3) is 2.40. The van der Waals surface area contributed by atoms with Crippen LogP contribution >= 0.6 is 0 Å². The lowest BCUT2D eigenvalue weighted by Gasteiger charge is -2.38. The van der Waals surface area contributed by atoms with E-state index >= 15 is 0 Å². The summed E-state index contributed by atoms with van der Waals surface area (Å²) >= 11 is 0. The highest BCUT2D eigenvalue weighted by Gasteiger charge is 2.29. The van der Waals surface area contributed by atoms with Crippen molar-refractivity contribution in [2.24, 2.45) is 0 Å². The topological polar surface area (TPSA) is 3.24 Å². The fourth-order valence-corrected chi connectivity index (χ4v) is 2.23. The van der Waals surface area contributed by atoms with Crippen molar-refractivity contribution < 1.29 is 0 Å². The molecule has 1 aliphatic rings. The summed E-state index contributed by atoms with van der Waals surface area (Å²) in [6.07, 6.45) is 1.25. The van der Waals surface area contributed by atoms with Crippen LogP contribution in [0.1, 0.15) is 45.2 Å². The molecule has 1 aliphatic heterocycles. The first kappa shape index (κ1) is 13.1. The number of anilines is 1. The maximum absolute atomic E-state index is 2.36. The highest BCUT2D eigenvalue weighted by atomic mass is 15.1. The van der Waals surface area contributed by atoms with Gasteiger partial charge in [-0.15, -0.1) is 0 Å². The van der Waals surface area contributed by atoms with Gasteiger partial charge in [0, 0.05) is 19.3 Å². The molecule has 0 saturated heterocycles. The van der Waals surface area contributed by atoms with Crippen molar-refractivity contribution >= 4 is 5.69 Å². The maximum atomic E-state index is 2.36. The molecule has 0 aliphatic carbocycles. The lowest BCUT2D eigenvalue weighted by atomic mass is 9.77. The van der Waals surface area contributed by atoms with Crippen LogP contribution in [0, 0.1) is 6.92 Å². The van der Waals surface area contributed by atoms with E-state index in [1.165, 1.54) is 29.8 Å². The molecule has 1 heteroatoms. The minimum atomic E-state index is 0.341. The van der Waals surface area contributed by atoms with Gasteiger partial charge in [0.1, 0.15) is 0 Å². The Balaban J connectivity index is 0.000000606. The fourth-order valence-electron chi connectivity index (χ4n) is 2.23. The molecule has 0 amide bonds. The smallest absolute Gasteiger partial charge is 0.0401 e. The molecular weight excluding hydrogens is 194 g/mol. The molecule has 90 valence electrons. The van der Waals surface area contributed by atoms with Crippen molar-refractivity contribution in [3.05, 3.63) is 29.3 Å². The Bertz CT molecular complexity index is 352. The zero-order valence-electron chi connectivity index (χ0n) is 11.6. The molecule has 2 rings (SSSR count). The second-order valence-electron chi connectivity index (χ2n) is 5.08. The van der Waals surface area contributed by atoms with Crippen LogP contribution in [0.3, 0.4) is 0 Å². The maximum Gasteiger partial charge on any atom is 0.0401 e. The van der Waals surface area contributed by atoms with Crippen LogP contribution in [-0.2, 0) is 5.41 Å². The monoisotopic (exact) mass is 219 g/mol. The summed E-state index contributed by atoms with van der Waals surface area (Å²) in [4.78, 5) is 2.36. The number of rotatable bonds is 0. The predicted octanol–water partition coefficient (Wildman–Crippen LogP) is 4.14. The van der Waals surface area contributed by atoms with Gasteiger partial charge in [-0.25, -0.2) is 0 Å². The third-order valence-electron chi connectivity index (χ3n) is 3.36. The molecule has 0 spiro atoms. The van der Waals surface area contributed by atoms with E-state index in [0.717, 1.165) is 0 Å². The Morgan fingerprint density at radius 3 is 2.44 bits per heavy atom. The van der Waals surface area contributed by atoms with Gasteiger partial charge in [0.15, 0.2) is 0 Å². The first-order chi connectivity index (χ1) is 7.50. The minimum Gasteiger partial charge on any atom is -0.374 e. The zero-order valence-corrected chi connectivity index (χ0v) is 11.6. The number of fused-ring (bicyclic) bond motifs is 1. The molecule has 0 fully saturated rings. The number of hydrogen-bond acceptors (Lipinski definition) is 1. The second kappa shape index (κ2) is 4.90. The zero-order chi connectivity index (χ0) is 12.3. The largest absolute Gasteiger partial charge is 0.374 e. The van der Waals surface area contributed by atoms with Gasteiger partial charge in [0.25, 0.3) is 0 Å². The Morgan fingerprint density at radius 1 is 1.19 bits per heavy atom. The van der Waals surface area contributed by atoms with Crippen molar-refractivity contribution in [2.45, 2.75) is 46.5 Å². The van der Waals surface area contributed by atoms with Crippen LogP contribution in [0.15, 0.2) is 18.2 Å². The van der Waals surface area contributed by atoms with Crippen LogP contribution in [0.5, 0.6) is 0 Å². The predicted molar refractivity (Wildman–Crippen MR) is 73.4 cm³/mol. The van der Waals surface area contributed by atoms with E-state index < -0.39 is 0 Å². The van der Waals surface area contributed by atoms with Crippen LogP contribution < -0.4 is 4.90 Å². The standard InChI is InChI=1S/C13H19N.C2H6/c1-10-5-6-12-11(9-10)13(2,3)7-8-14(12)4;1-2/h5-6,9H,7-8H2,1-4H3;1-2H3. The minimum absolute atomic E-state index is 0.341. The van der Waals surface area contributed by atoms with Gasteiger partial charge in [0.05, 0.1) is 0 Å². The molecule has 1 heterocycles. The molecular formula is C15H25N. The van der Waals surface area contributed by atoms with E-state index in [0.29, 0.717) is 5.41 Å². The summed E-state index contributed by atoms with van der Waals surface area (Å²) in [5.41, 5.74) is 4.62. The molecule has 1 aromatic rings. The lowest BCUT2D eigenvalue weighted by molar-refractivity contribution is 0.462. The molecule has 0 aromatic heterocycles. The molecule has 0 N–H and O–H groups in total. The van der Waals surface area contributed by atoms with Crippen LogP contribution in [0.25, 0.3) is 0 Å². The summed E-state index contributed by atoms with van der Waals surface area (Å²) < 4.78 is 0. The van der Waals surface area contributed by atoms with E-state index in [2.05, 4.69) is 50.9 Å². The average molecular weight is 219 g/mol. The normalized spacial score (nSPS) is 17.2. The molecule has 16 heavy (non-hydrogen) atoms. The molecule has 0 atom stereocenters. The number of hydrogen-bond donors (Lipinski definition) is 0. The van der Waals surface area contributed by atoms with Crippen LogP contribution in [-0.4, -0.2) is 13.6 Å². The van der Waals surface area contributed by atoms with Crippen LogP contribution in [0.2, 0.25) is 0 Å². The summed E-state index contributed by atoms with van der Waals surface area (Å²) in [6.45, 7) is 12.0. The number of benzene rings is 1. The van der Waals surface area contributed by atoms with Crippen molar-refractivity contribution in [1.82, 2.24) is 0 Å². The van der Waals surface area contributed by atoms with Gasteiger partial charge in [-0.05, 0) is 30.4 Å². The fraction of sp³-hybridized carbons (Fsp3) is 0.600. The quantitative estimate of drug-likeness (QED) is 0.634. The molecule has 0 bridgehead atoms. The molecule has 0 radical (unpaired) electrons. The van der Waals surface area contributed by atoms with Crippen molar-refractivity contribution in [2.75, 3.05) is 18.5 Å². The van der Waals surface area contributed by atoms with Gasteiger partial charge >= 0.3 is 0 Å². The summed E-state index contributed by atoms with van der Waals surface area (Å²) in [7, 11) is 2.18. The van der Waals surface area contributed by atoms with E-state index in [1.54, 1.807) is 0 Å². The highest BCUT2D eigenvalue weighted by molar-refractivity contribution is 5.59. The van der Waals surface area contributed by atoms with Gasteiger partial charge in [-0.2, -0.15) is 0 Å². The lowest BCUT2D eigenvalue weighted by Crippen LogP contribution is -2.34. The van der Waals surface area contributed by atoms with Gasteiger partial charge in [0.2, 0.25) is 0 Å². The number of nitrogens with zero attached hydrogens (tertiary/aromatic N) is 1. The van der Waals surface area contributed by atoms with Crippen LogP contribution in [0.4, 0.5) is 5.69 Å². The van der Waals surface area contributed by atoms with Gasteiger partial charge in [-0.1, -0.05) is 45.4 Å². The van der Waals surface area contributed by atoms with E-state index in [1.807, 2.05) is 13.8 Å². The van der Waals surface area contributed by atoms with Crippen molar-refractivity contribution in [1.29, 1.82) is 0 Å². The van der Waals surface area contributed by atoms with E-state index in [4.69, 9.17) is 0 Å². The average Bonchev–Trinajstić information content (AvgIpc) is 2.27. The van der Waals surface area contributed by atoms with Crippen molar-refractivity contribution in [3.8, 4) is 0 Å². The molecule has 1 nitrogen and oxygen atoms in total. The van der Waals surface area contributed by atoms with E-state index in [-0.39, 0.29) is 0 Å². The Labute approximate surface area is 100 Å².